The molecule has 9 nitrogen and oxygen atoms in total. The number of carbonyl (C=O) groups excluding carboxylic acids is 4. The lowest BCUT2D eigenvalue weighted by atomic mass is 10.1. The number of hydrogen-bond donors (Lipinski definition) is 0. The predicted molar refractivity (Wildman–Crippen MR) is 95.3 cm³/mol. The molecule has 1 aliphatic heterocycles. The molecule has 1 saturated carbocycles. The van der Waals surface area contributed by atoms with Crippen LogP contribution in [0, 0.1) is 5.92 Å². The maximum Gasteiger partial charge on any atom is 0.338 e. The van der Waals surface area contributed by atoms with Gasteiger partial charge in [-0.2, -0.15) is 0 Å². The lowest BCUT2D eigenvalue weighted by Gasteiger charge is -2.23. The fraction of sp³-hybridized carbons (Fsp3) is 0.500. The van der Waals surface area contributed by atoms with Gasteiger partial charge in [0.05, 0.1) is 12.2 Å². The highest BCUT2D eigenvalue weighted by atomic mass is 16.8. The van der Waals surface area contributed by atoms with Crippen LogP contribution in [-0.2, 0) is 38.1 Å². The average Bonchev–Trinajstić information content (AvgIpc) is 3.28. The van der Waals surface area contributed by atoms with Gasteiger partial charge >= 0.3 is 23.9 Å². The van der Waals surface area contributed by atoms with Crippen molar-refractivity contribution in [1.82, 2.24) is 0 Å². The summed E-state index contributed by atoms with van der Waals surface area (Å²) < 4.78 is 26.9. The molecule has 1 heterocycles. The smallest absolute Gasteiger partial charge is 0.338 e. The second-order valence-corrected chi connectivity index (χ2v) is 7.02. The average molecular weight is 406 g/mol. The zero-order valence-electron chi connectivity index (χ0n) is 16.3. The van der Waals surface area contributed by atoms with E-state index < -0.39 is 48.0 Å². The molecule has 1 aliphatic carbocycles. The van der Waals surface area contributed by atoms with Crippen molar-refractivity contribution in [2.75, 3.05) is 6.61 Å². The molecule has 156 valence electrons. The third kappa shape index (κ3) is 4.56. The van der Waals surface area contributed by atoms with E-state index in [0.717, 1.165) is 0 Å². The van der Waals surface area contributed by atoms with E-state index in [1.165, 1.54) is 20.8 Å². The van der Waals surface area contributed by atoms with Gasteiger partial charge in [0.1, 0.15) is 5.60 Å². The molecule has 29 heavy (non-hydrogen) atoms. The van der Waals surface area contributed by atoms with Crippen LogP contribution in [-0.4, -0.2) is 54.6 Å². The molecule has 5 atom stereocenters. The first-order valence-corrected chi connectivity index (χ1v) is 9.14. The van der Waals surface area contributed by atoms with Crippen LogP contribution in [0.2, 0.25) is 0 Å². The molecule has 3 rings (SSSR count). The Morgan fingerprint density at radius 2 is 1.59 bits per heavy atom. The second-order valence-electron chi connectivity index (χ2n) is 7.02. The van der Waals surface area contributed by atoms with Crippen LogP contribution in [0.4, 0.5) is 0 Å². The molecular formula is C20H22O9. The van der Waals surface area contributed by atoms with Crippen LogP contribution in [0.1, 0.15) is 37.6 Å². The lowest BCUT2D eigenvalue weighted by molar-refractivity contribution is -0.197. The van der Waals surface area contributed by atoms with Crippen LogP contribution >= 0.6 is 0 Å². The summed E-state index contributed by atoms with van der Waals surface area (Å²) >= 11 is 0. The zero-order chi connectivity index (χ0) is 21.2. The Bertz CT molecular complexity index is 805. The normalized spacial score (nSPS) is 29.8. The van der Waals surface area contributed by atoms with Crippen molar-refractivity contribution in [3.63, 3.8) is 0 Å². The van der Waals surface area contributed by atoms with Crippen LogP contribution in [0.5, 0.6) is 0 Å². The summed E-state index contributed by atoms with van der Waals surface area (Å²) in [4.78, 5) is 46.7. The van der Waals surface area contributed by atoms with Crippen molar-refractivity contribution < 1.29 is 42.9 Å². The molecule has 0 radical (unpaired) electrons. The van der Waals surface area contributed by atoms with E-state index in [1.807, 2.05) is 0 Å². The topological polar surface area (TPSA) is 114 Å². The fourth-order valence-corrected chi connectivity index (χ4v) is 3.53. The summed E-state index contributed by atoms with van der Waals surface area (Å²) in [5, 5.41) is 0. The predicted octanol–water partition coefficient (Wildman–Crippen LogP) is 1.38. The molecule has 1 spiro atoms. The Kier molecular flexibility index (Phi) is 5.88. The van der Waals surface area contributed by atoms with Gasteiger partial charge in [0.25, 0.3) is 0 Å². The second kappa shape index (κ2) is 8.20. The Labute approximate surface area is 167 Å². The maximum atomic E-state index is 12.2. The van der Waals surface area contributed by atoms with Crippen LogP contribution < -0.4 is 0 Å². The van der Waals surface area contributed by atoms with Gasteiger partial charge < -0.3 is 23.7 Å². The largest absolute Gasteiger partial charge is 0.462 e. The molecule has 0 N–H and O–H groups in total. The molecule has 9 heteroatoms. The summed E-state index contributed by atoms with van der Waals surface area (Å²) in [6.07, 6.45) is -2.96. The molecule has 0 bridgehead atoms. The SMILES string of the molecule is CC(=O)OC1C(OC(C)=O)[C@@]2(C[C@@H]2COC(=O)c2ccccc2)O[C@@H]1OC(C)=O. The summed E-state index contributed by atoms with van der Waals surface area (Å²) in [6.45, 7) is 3.59. The Balaban J connectivity index is 1.73. The summed E-state index contributed by atoms with van der Waals surface area (Å²) in [6, 6.07) is 8.49. The van der Waals surface area contributed by atoms with E-state index in [-0.39, 0.29) is 12.5 Å². The number of rotatable bonds is 6. The minimum Gasteiger partial charge on any atom is -0.462 e. The van der Waals surface area contributed by atoms with Crippen molar-refractivity contribution in [3.8, 4) is 0 Å². The Morgan fingerprint density at radius 3 is 2.17 bits per heavy atom. The maximum absolute atomic E-state index is 12.2. The minimum atomic E-state index is -1.23. The van der Waals surface area contributed by atoms with E-state index in [4.69, 9.17) is 23.7 Å². The van der Waals surface area contributed by atoms with Crippen LogP contribution in [0.15, 0.2) is 30.3 Å². The van der Waals surface area contributed by atoms with Crippen LogP contribution in [0.25, 0.3) is 0 Å². The number of carbonyl (C=O) groups is 4. The van der Waals surface area contributed by atoms with Gasteiger partial charge in [-0.3, -0.25) is 14.4 Å². The monoisotopic (exact) mass is 406 g/mol. The summed E-state index contributed by atoms with van der Waals surface area (Å²) in [5.41, 5.74) is -0.662. The summed E-state index contributed by atoms with van der Waals surface area (Å²) in [5.74, 6) is -2.71. The summed E-state index contributed by atoms with van der Waals surface area (Å²) in [7, 11) is 0. The zero-order valence-corrected chi connectivity index (χ0v) is 16.3. The Hall–Kier alpha value is -2.94. The molecule has 1 saturated heterocycles. The number of ether oxygens (including phenoxy) is 5. The minimum absolute atomic E-state index is 0.00503. The molecular weight excluding hydrogens is 384 g/mol. The van der Waals surface area contributed by atoms with Crippen molar-refractivity contribution in [2.24, 2.45) is 5.92 Å². The number of esters is 4. The molecule has 2 fully saturated rings. The van der Waals surface area contributed by atoms with Crippen molar-refractivity contribution in [2.45, 2.75) is 51.3 Å². The van der Waals surface area contributed by atoms with E-state index in [2.05, 4.69) is 0 Å². The number of benzene rings is 1. The van der Waals surface area contributed by atoms with Crippen molar-refractivity contribution in [1.29, 1.82) is 0 Å². The molecule has 2 aliphatic rings. The van der Waals surface area contributed by atoms with Gasteiger partial charge in [-0.15, -0.1) is 0 Å². The molecule has 1 aromatic rings. The van der Waals surface area contributed by atoms with E-state index >= 15 is 0 Å². The first-order valence-electron chi connectivity index (χ1n) is 9.14. The highest BCUT2D eigenvalue weighted by Gasteiger charge is 2.73. The van der Waals surface area contributed by atoms with Crippen LogP contribution in [0.3, 0.4) is 0 Å². The van der Waals surface area contributed by atoms with Gasteiger partial charge in [-0.05, 0) is 18.6 Å². The van der Waals surface area contributed by atoms with Gasteiger partial charge in [-0.1, -0.05) is 18.2 Å². The highest BCUT2D eigenvalue weighted by molar-refractivity contribution is 5.89. The Morgan fingerprint density at radius 1 is 0.966 bits per heavy atom. The van der Waals surface area contributed by atoms with Gasteiger partial charge in [0.2, 0.25) is 12.4 Å². The third-order valence-electron chi connectivity index (χ3n) is 4.78. The van der Waals surface area contributed by atoms with Crippen molar-refractivity contribution >= 4 is 23.9 Å². The highest BCUT2D eigenvalue weighted by Crippen LogP contribution is 2.57. The lowest BCUT2D eigenvalue weighted by Crippen LogP contribution is -2.42. The number of hydrogen-bond acceptors (Lipinski definition) is 9. The quantitative estimate of drug-likeness (QED) is 0.510. The standard InChI is InChI=1S/C20H22O9/c1-11(21)26-16-17(27-12(2)22)20(29-19(16)28-13(3)23)9-15(20)10-25-18(24)14-7-5-4-6-8-14/h4-8,15-17,19H,9-10H2,1-3H3/t15-,16?,17?,19+,20+/m1/s1. The van der Waals surface area contributed by atoms with Crippen molar-refractivity contribution in [3.05, 3.63) is 35.9 Å². The van der Waals surface area contributed by atoms with Gasteiger partial charge in [0.15, 0.2) is 6.10 Å². The van der Waals surface area contributed by atoms with E-state index in [0.29, 0.717) is 12.0 Å². The third-order valence-corrected chi connectivity index (χ3v) is 4.78. The first-order chi connectivity index (χ1) is 13.7. The molecule has 2 unspecified atom stereocenters. The molecule has 1 aromatic carbocycles. The first kappa shape index (κ1) is 20.8. The van der Waals surface area contributed by atoms with E-state index in [9.17, 15) is 19.2 Å². The van der Waals surface area contributed by atoms with Gasteiger partial charge in [-0.25, -0.2) is 4.79 Å². The molecule has 0 aromatic heterocycles. The molecule has 0 amide bonds. The van der Waals surface area contributed by atoms with E-state index in [1.54, 1.807) is 30.3 Å². The fourth-order valence-electron chi connectivity index (χ4n) is 3.53. The van der Waals surface area contributed by atoms with Gasteiger partial charge in [0, 0.05) is 26.7 Å².